The molecule has 0 fully saturated rings. The van der Waals surface area contributed by atoms with E-state index in [9.17, 15) is 0 Å². The molecule has 0 aliphatic rings. The van der Waals surface area contributed by atoms with E-state index in [1.165, 1.54) is 9.75 Å². The van der Waals surface area contributed by atoms with Crippen molar-refractivity contribution in [2.24, 2.45) is 0 Å². The minimum absolute atomic E-state index is 0.741. The first kappa shape index (κ1) is 16.4. The van der Waals surface area contributed by atoms with Crippen LogP contribution < -0.4 is 10.2 Å². The van der Waals surface area contributed by atoms with Gasteiger partial charge in [0.25, 0.3) is 0 Å². The fourth-order valence-electron chi connectivity index (χ4n) is 1.94. The van der Waals surface area contributed by atoms with Crippen LogP contribution in [0.25, 0.3) is 0 Å². The number of thiophene rings is 1. The largest absolute Gasteiger partial charge is 0.383 e. The van der Waals surface area contributed by atoms with Gasteiger partial charge in [0.15, 0.2) is 5.13 Å². The second kappa shape index (κ2) is 8.48. The Bertz CT molecular complexity index is 525. The Morgan fingerprint density at radius 3 is 3.00 bits per heavy atom. The number of anilines is 1. The first-order chi connectivity index (χ1) is 10.2. The number of nitrogens with one attached hydrogen (secondary N) is 1. The molecule has 0 aromatic carbocycles. The van der Waals surface area contributed by atoms with E-state index in [-0.39, 0.29) is 0 Å². The molecule has 0 amide bonds. The number of likely N-dealkylation sites (N-methyl/N-ethyl adjacent to an activating group) is 1. The molecule has 0 unspecified atom stereocenters. The van der Waals surface area contributed by atoms with Gasteiger partial charge in [-0.3, -0.25) is 0 Å². The maximum atomic E-state index is 5.04. The summed E-state index contributed by atoms with van der Waals surface area (Å²) in [6.07, 6.45) is 1.08. The minimum Gasteiger partial charge on any atom is -0.383 e. The lowest BCUT2D eigenvalue weighted by Gasteiger charge is -2.14. The fourth-order valence-corrected chi connectivity index (χ4v) is 3.66. The van der Waals surface area contributed by atoms with Crippen molar-refractivity contribution in [3.8, 4) is 0 Å². The number of methoxy groups -OCH3 is 1. The summed E-state index contributed by atoms with van der Waals surface area (Å²) in [5.41, 5.74) is 1.13. The van der Waals surface area contributed by atoms with Crippen molar-refractivity contribution in [2.45, 2.75) is 19.9 Å². The maximum Gasteiger partial charge on any atom is 0.185 e. The molecule has 0 atom stereocenters. The molecule has 0 radical (unpaired) electrons. The van der Waals surface area contributed by atoms with E-state index < -0.39 is 0 Å². The predicted molar refractivity (Wildman–Crippen MR) is 91.7 cm³/mol. The molecule has 2 aromatic rings. The second-order valence-corrected chi connectivity index (χ2v) is 7.02. The van der Waals surface area contributed by atoms with Gasteiger partial charge in [-0.2, -0.15) is 0 Å². The average Bonchev–Trinajstić information content (AvgIpc) is 3.11. The van der Waals surface area contributed by atoms with Gasteiger partial charge < -0.3 is 15.0 Å². The molecule has 1 N–H and O–H groups in total. The average molecular weight is 326 g/mol. The van der Waals surface area contributed by atoms with Crippen molar-refractivity contribution in [3.05, 3.63) is 33.0 Å². The van der Waals surface area contributed by atoms with Crippen LogP contribution in [0.15, 0.2) is 17.5 Å². The number of rotatable bonds is 9. The number of hydrogen-bond acceptors (Lipinski definition) is 6. The summed E-state index contributed by atoms with van der Waals surface area (Å²) in [5, 5.41) is 6.61. The number of aryl methyl sites for hydroxylation is 1. The summed E-state index contributed by atoms with van der Waals surface area (Å²) in [5.74, 6) is 0. The van der Waals surface area contributed by atoms with Crippen LogP contribution in [0.1, 0.15) is 15.4 Å². The van der Waals surface area contributed by atoms with Gasteiger partial charge in [-0.1, -0.05) is 6.07 Å². The molecule has 21 heavy (non-hydrogen) atoms. The molecule has 0 bridgehead atoms. The van der Waals surface area contributed by atoms with Gasteiger partial charge in [0.1, 0.15) is 0 Å². The molecule has 6 heteroatoms. The van der Waals surface area contributed by atoms with Gasteiger partial charge in [0, 0.05) is 43.5 Å². The standard InChI is InChI=1S/C15H23N3OS2/c1-12-14(11-16-7-9-19-3)21-15(17-12)18(2)8-6-13-5-4-10-20-13/h4-5,10,16H,6-9,11H2,1-3H3. The zero-order valence-electron chi connectivity index (χ0n) is 12.9. The van der Waals surface area contributed by atoms with E-state index in [1.54, 1.807) is 18.4 Å². The molecule has 116 valence electrons. The predicted octanol–water partition coefficient (Wildman–Crippen LogP) is 2.93. The summed E-state index contributed by atoms with van der Waals surface area (Å²) in [6.45, 7) is 5.57. The van der Waals surface area contributed by atoms with E-state index in [2.05, 4.69) is 46.7 Å². The fraction of sp³-hybridized carbons (Fsp3) is 0.533. The summed E-state index contributed by atoms with van der Waals surface area (Å²) >= 11 is 3.60. The van der Waals surface area contributed by atoms with Crippen LogP contribution in [0, 0.1) is 6.92 Å². The summed E-state index contributed by atoms with van der Waals surface area (Å²) in [6, 6.07) is 4.30. The van der Waals surface area contributed by atoms with Crippen LogP contribution in [0.4, 0.5) is 5.13 Å². The summed E-state index contributed by atoms with van der Waals surface area (Å²) < 4.78 is 5.04. The lowest BCUT2D eigenvalue weighted by molar-refractivity contribution is 0.199. The van der Waals surface area contributed by atoms with Crippen LogP contribution >= 0.6 is 22.7 Å². The van der Waals surface area contributed by atoms with Crippen LogP contribution in [0.3, 0.4) is 0 Å². The van der Waals surface area contributed by atoms with E-state index >= 15 is 0 Å². The van der Waals surface area contributed by atoms with E-state index in [4.69, 9.17) is 4.74 Å². The zero-order chi connectivity index (χ0) is 15.1. The van der Waals surface area contributed by atoms with Crippen molar-refractivity contribution in [1.82, 2.24) is 10.3 Å². The van der Waals surface area contributed by atoms with Crippen molar-refractivity contribution in [1.29, 1.82) is 0 Å². The highest BCUT2D eigenvalue weighted by Crippen LogP contribution is 2.25. The smallest absolute Gasteiger partial charge is 0.185 e. The molecular weight excluding hydrogens is 302 g/mol. The molecule has 2 heterocycles. The molecule has 0 aliphatic heterocycles. The normalized spacial score (nSPS) is 11.0. The van der Waals surface area contributed by atoms with Gasteiger partial charge in [-0.05, 0) is 24.8 Å². The minimum atomic E-state index is 0.741. The highest BCUT2D eigenvalue weighted by molar-refractivity contribution is 7.15. The van der Waals surface area contributed by atoms with E-state index in [0.717, 1.165) is 43.5 Å². The van der Waals surface area contributed by atoms with Gasteiger partial charge in [0.05, 0.1) is 12.3 Å². The Morgan fingerprint density at radius 1 is 1.43 bits per heavy atom. The molecule has 0 aliphatic carbocycles. The van der Waals surface area contributed by atoms with Gasteiger partial charge >= 0.3 is 0 Å². The van der Waals surface area contributed by atoms with Gasteiger partial charge in [-0.25, -0.2) is 4.98 Å². The van der Waals surface area contributed by atoms with Gasteiger partial charge in [0.2, 0.25) is 0 Å². The van der Waals surface area contributed by atoms with Crippen LogP contribution in [-0.4, -0.2) is 38.8 Å². The Labute approximate surface area is 134 Å². The van der Waals surface area contributed by atoms with Crippen molar-refractivity contribution < 1.29 is 4.74 Å². The van der Waals surface area contributed by atoms with E-state index in [0.29, 0.717) is 0 Å². The third kappa shape index (κ3) is 5.07. The molecule has 2 rings (SSSR count). The third-order valence-electron chi connectivity index (χ3n) is 3.25. The summed E-state index contributed by atoms with van der Waals surface area (Å²) in [4.78, 5) is 9.67. The third-order valence-corrected chi connectivity index (χ3v) is 5.46. The van der Waals surface area contributed by atoms with Crippen molar-refractivity contribution in [3.63, 3.8) is 0 Å². The molecule has 0 saturated heterocycles. The number of hydrogen-bond donors (Lipinski definition) is 1. The topological polar surface area (TPSA) is 37.4 Å². The van der Waals surface area contributed by atoms with Crippen molar-refractivity contribution >= 4 is 27.8 Å². The van der Waals surface area contributed by atoms with Crippen LogP contribution in [0.2, 0.25) is 0 Å². The molecule has 2 aromatic heterocycles. The monoisotopic (exact) mass is 325 g/mol. The molecule has 0 saturated carbocycles. The molecule has 0 spiro atoms. The summed E-state index contributed by atoms with van der Waals surface area (Å²) in [7, 11) is 3.84. The first-order valence-corrected chi connectivity index (χ1v) is 8.79. The Kier molecular flexibility index (Phi) is 6.63. The Morgan fingerprint density at radius 2 is 2.29 bits per heavy atom. The Hall–Kier alpha value is -0.950. The van der Waals surface area contributed by atoms with E-state index in [1.807, 2.05) is 11.3 Å². The lowest BCUT2D eigenvalue weighted by Crippen LogP contribution is -2.19. The van der Waals surface area contributed by atoms with Gasteiger partial charge in [-0.15, -0.1) is 22.7 Å². The van der Waals surface area contributed by atoms with Crippen molar-refractivity contribution in [2.75, 3.05) is 38.8 Å². The lowest BCUT2D eigenvalue weighted by atomic mass is 10.3. The second-order valence-electron chi connectivity index (χ2n) is 4.93. The van der Waals surface area contributed by atoms with Crippen LogP contribution in [0.5, 0.6) is 0 Å². The maximum absolute atomic E-state index is 5.04. The number of ether oxygens (including phenoxy) is 1. The zero-order valence-corrected chi connectivity index (χ0v) is 14.5. The highest BCUT2D eigenvalue weighted by Gasteiger charge is 2.11. The molecular formula is C15H23N3OS2. The SMILES string of the molecule is COCCNCc1sc(N(C)CCc2cccs2)nc1C. The van der Waals surface area contributed by atoms with Crippen LogP contribution in [-0.2, 0) is 17.7 Å². The highest BCUT2D eigenvalue weighted by atomic mass is 32.1. The number of thiazole rings is 1. The molecule has 4 nitrogen and oxygen atoms in total. The Balaban J connectivity index is 1.84. The quantitative estimate of drug-likeness (QED) is 0.719. The number of aromatic nitrogens is 1. The number of nitrogens with zero attached hydrogens (tertiary/aromatic N) is 2. The first-order valence-electron chi connectivity index (χ1n) is 7.10.